The third-order valence-corrected chi connectivity index (χ3v) is 5.70. The zero-order chi connectivity index (χ0) is 25.3. The van der Waals surface area contributed by atoms with Gasteiger partial charge in [-0.05, 0) is 6.42 Å². The first-order valence-electron chi connectivity index (χ1n) is 10.6. The maximum atomic E-state index is 11.6. The van der Waals surface area contributed by atoms with Crippen LogP contribution in [-0.4, -0.2) is 92.1 Å². The lowest BCUT2D eigenvalue weighted by atomic mass is 10.1. The summed E-state index contributed by atoms with van der Waals surface area (Å²) in [4.78, 5) is 36.6. The van der Waals surface area contributed by atoms with Crippen molar-refractivity contribution >= 4 is 23.0 Å². The molecule has 6 atom stereocenters. The normalized spacial score (nSPS) is 27.8. The van der Waals surface area contributed by atoms with Gasteiger partial charge in [0.1, 0.15) is 24.6 Å². The van der Waals surface area contributed by atoms with Gasteiger partial charge in [0, 0.05) is 12.5 Å². The van der Waals surface area contributed by atoms with E-state index in [1.54, 1.807) is 6.33 Å². The van der Waals surface area contributed by atoms with Gasteiger partial charge in [-0.25, -0.2) is 14.6 Å². The number of fused-ring (bicyclic) bond motifs is 1. The first-order chi connectivity index (χ1) is 16.7. The molecule has 1 aliphatic carbocycles. The van der Waals surface area contributed by atoms with Gasteiger partial charge in [-0.2, -0.15) is 4.98 Å². The summed E-state index contributed by atoms with van der Waals surface area (Å²) in [5, 5.41) is 40.9. The molecule has 1 saturated heterocycles. The van der Waals surface area contributed by atoms with Crippen molar-refractivity contribution in [2.24, 2.45) is 11.7 Å². The Hall–Kier alpha value is -3.70. The van der Waals surface area contributed by atoms with E-state index >= 15 is 0 Å². The van der Waals surface area contributed by atoms with E-state index in [4.69, 9.17) is 26.4 Å². The number of carbonyl (C=O) groups is 1. The average molecular weight is 491 g/mol. The molecule has 2 aliphatic rings. The largest absolute Gasteiger partial charge is 0.396 e. The van der Waals surface area contributed by atoms with Gasteiger partial charge in [-0.3, -0.25) is 14.6 Å². The average Bonchev–Trinajstić information content (AvgIpc) is 3.61. The lowest BCUT2D eigenvalue weighted by Gasteiger charge is -2.13. The molecule has 16 nitrogen and oxygen atoms in total. The highest BCUT2D eigenvalue weighted by Gasteiger charge is 2.44. The van der Waals surface area contributed by atoms with E-state index in [-0.39, 0.29) is 41.4 Å². The zero-order valence-corrected chi connectivity index (χ0v) is 18.2. The molecule has 3 aromatic rings. The predicted molar refractivity (Wildman–Crippen MR) is 117 cm³/mol. The fourth-order valence-corrected chi connectivity index (χ4v) is 3.89. The van der Waals surface area contributed by atoms with Crippen molar-refractivity contribution in [3.63, 3.8) is 0 Å². The van der Waals surface area contributed by atoms with Crippen LogP contribution in [0.3, 0.4) is 0 Å². The van der Waals surface area contributed by atoms with Gasteiger partial charge in [0.15, 0.2) is 17.4 Å². The topological polar surface area (TPSA) is 254 Å². The first-order valence-corrected chi connectivity index (χ1v) is 10.6. The Morgan fingerprint density at radius 3 is 2.54 bits per heavy atom. The number of anilines is 1. The van der Waals surface area contributed by atoms with Crippen LogP contribution in [0.5, 0.6) is 0 Å². The Morgan fingerprint density at radius 2 is 1.94 bits per heavy atom. The summed E-state index contributed by atoms with van der Waals surface area (Å²) in [6.07, 6.45) is 3.05. The van der Waals surface area contributed by atoms with Gasteiger partial charge in [-0.15, -0.1) is 5.10 Å². The number of aromatic amines is 1. The fourth-order valence-electron chi connectivity index (χ4n) is 3.89. The van der Waals surface area contributed by atoms with E-state index in [1.807, 2.05) is 16.7 Å². The molecule has 3 aromatic heterocycles. The van der Waals surface area contributed by atoms with Crippen molar-refractivity contribution in [2.45, 2.75) is 37.0 Å². The summed E-state index contributed by atoms with van der Waals surface area (Å²) < 4.78 is 8.06. The number of allylic oxidation sites excluding steroid dienone is 1. The van der Waals surface area contributed by atoms with Gasteiger partial charge in [-0.1, -0.05) is 12.2 Å². The predicted octanol–water partition coefficient (Wildman–Crippen LogP) is -3.20. The number of H-pyrrole nitrogens is 1. The highest BCUT2D eigenvalue weighted by Crippen LogP contribution is 2.29. The Morgan fingerprint density at radius 1 is 1.17 bits per heavy atom. The minimum Gasteiger partial charge on any atom is -0.396 e. The number of ether oxygens (including phenoxy) is 1. The van der Waals surface area contributed by atoms with E-state index in [2.05, 4.69) is 25.0 Å². The quantitative estimate of drug-likeness (QED) is 0.174. The van der Waals surface area contributed by atoms with Crippen molar-refractivity contribution < 1.29 is 30.0 Å². The fraction of sp³-hybridized carbons (Fsp3) is 0.474. The molecule has 5 rings (SSSR count). The second-order valence-corrected chi connectivity index (χ2v) is 8.05. The standard InChI is InChI=1S/C11H13N5O2.C8H12N4O5/c12-11-14-9-8(10(18)15-11)13-5-16(9)7-2-1-6(3-7)4-17;9-6(16)7-10-2-12(11-7)8-5(15)4(14)3(1-13)17-8/h1-2,5-7,17H,3-4H2,(H3,12,14,15,18);2-5,8,13-15H,1H2,(H2,9,16)/t6-,7+;3-,4-,5-,8-/m11/s1. The summed E-state index contributed by atoms with van der Waals surface area (Å²) in [7, 11) is 0. The molecule has 4 heterocycles. The maximum Gasteiger partial charge on any atom is 0.288 e. The van der Waals surface area contributed by atoms with Gasteiger partial charge >= 0.3 is 0 Å². The molecule has 1 aliphatic heterocycles. The van der Waals surface area contributed by atoms with Gasteiger partial charge in [0.25, 0.3) is 11.5 Å². The van der Waals surface area contributed by atoms with Gasteiger partial charge in [0.2, 0.25) is 11.8 Å². The second-order valence-electron chi connectivity index (χ2n) is 8.05. The summed E-state index contributed by atoms with van der Waals surface area (Å²) in [5.74, 6) is -0.806. The minimum absolute atomic E-state index is 0.0563. The monoisotopic (exact) mass is 491 g/mol. The number of nitrogens with two attached hydrogens (primary N) is 2. The van der Waals surface area contributed by atoms with Crippen LogP contribution in [0.4, 0.5) is 5.95 Å². The number of hydrogen-bond acceptors (Lipinski definition) is 12. The van der Waals surface area contributed by atoms with Crippen molar-refractivity contribution in [1.82, 2.24) is 34.3 Å². The molecule has 0 radical (unpaired) electrons. The molecule has 9 N–H and O–H groups in total. The number of nitrogens with one attached hydrogen (secondary N) is 1. The highest BCUT2D eigenvalue weighted by molar-refractivity contribution is 5.88. The molecule has 0 spiro atoms. The SMILES string of the molecule is NC(=O)c1ncn([C@@H]2O[C@H](CO)[C@@H](O)[C@H]2O)n1.Nc1nc2c(ncn2[C@H]2C=C[C@@H](CO)C2)c(=O)[nH]1. The van der Waals surface area contributed by atoms with Crippen LogP contribution in [0.15, 0.2) is 29.6 Å². The van der Waals surface area contributed by atoms with Crippen LogP contribution >= 0.6 is 0 Å². The van der Waals surface area contributed by atoms with Crippen LogP contribution in [0.1, 0.15) is 29.3 Å². The van der Waals surface area contributed by atoms with Gasteiger partial charge < -0.3 is 41.2 Å². The Bertz CT molecular complexity index is 1290. The summed E-state index contributed by atoms with van der Waals surface area (Å²) in [6.45, 7) is -0.318. The number of imidazole rings is 1. The molecular formula is C19H25N9O7. The molecular weight excluding hydrogens is 466 g/mol. The van der Waals surface area contributed by atoms with E-state index in [9.17, 15) is 19.8 Å². The number of hydrogen-bond donors (Lipinski definition) is 7. The number of nitrogens with zero attached hydrogens (tertiary/aromatic N) is 6. The van der Waals surface area contributed by atoms with E-state index in [0.29, 0.717) is 5.65 Å². The number of aliphatic hydroxyl groups excluding tert-OH is 4. The second kappa shape index (κ2) is 9.88. The molecule has 0 saturated carbocycles. The van der Waals surface area contributed by atoms with Crippen LogP contribution in [-0.2, 0) is 4.74 Å². The molecule has 16 heteroatoms. The number of rotatable bonds is 5. The number of amides is 1. The van der Waals surface area contributed by atoms with Crippen LogP contribution in [0, 0.1) is 5.92 Å². The molecule has 1 amide bonds. The molecule has 1 fully saturated rings. The number of carbonyl (C=O) groups excluding carboxylic acids is 1. The van der Waals surface area contributed by atoms with Crippen molar-refractivity contribution in [3.8, 4) is 0 Å². The molecule has 35 heavy (non-hydrogen) atoms. The number of aliphatic hydroxyl groups is 4. The van der Waals surface area contributed by atoms with E-state index in [1.165, 1.54) is 0 Å². The number of primary amides is 1. The Balaban J connectivity index is 0.000000165. The maximum absolute atomic E-state index is 11.6. The number of aromatic nitrogens is 7. The van der Waals surface area contributed by atoms with Crippen LogP contribution in [0.25, 0.3) is 11.2 Å². The smallest absolute Gasteiger partial charge is 0.288 e. The lowest BCUT2D eigenvalue weighted by Crippen LogP contribution is -2.33. The molecule has 0 unspecified atom stereocenters. The van der Waals surface area contributed by atoms with Crippen LogP contribution in [0.2, 0.25) is 0 Å². The zero-order valence-electron chi connectivity index (χ0n) is 18.2. The summed E-state index contributed by atoms with van der Waals surface area (Å²) in [6, 6.07) is 0.0563. The minimum atomic E-state index is -1.27. The third-order valence-electron chi connectivity index (χ3n) is 5.70. The third kappa shape index (κ3) is 4.77. The van der Waals surface area contributed by atoms with Crippen molar-refractivity contribution in [2.75, 3.05) is 18.9 Å². The summed E-state index contributed by atoms with van der Waals surface area (Å²) >= 11 is 0. The van der Waals surface area contributed by atoms with Crippen molar-refractivity contribution in [1.29, 1.82) is 0 Å². The molecule has 0 aromatic carbocycles. The summed E-state index contributed by atoms with van der Waals surface area (Å²) in [5.41, 5.74) is 10.9. The van der Waals surface area contributed by atoms with E-state index < -0.39 is 37.1 Å². The molecule has 0 bridgehead atoms. The number of nitrogen functional groups attached to an aromatic ring is 1. The van der Waals surface area contributed by atoms with E-state index in [0.717, 1.165) is 17.4 Å². The lowest BCUT2D eigenvalue weighted by molar-refractivity contribution is -0.0588. The molecule has 188 valence electrons. The Labute approximate surface area is 196 Å². The highest BCUT2D eigenvalue weighted by atomic mass is 16.6. The Kier molecular flexibility index (Phi) is 6.90. The van der Waals surface area contributed by atoms with Crippen molar-refractivity contribution in [3.05, 3.63) is 41.0 Å². The van der Waals surface area contributed by atoms with Gasteiger partial charge in [0.05, 0.1) is 19.0 Å². The van der Waals surface area contributed by atoms with Crippen LogP contribution < -0.4 is 17.0 Å². The first kappa shape index (κ1) is 24.4.